The Labute approximate surface area is 151 Å². The quantitative estimate of drug-likeness (QED) is 0.560. The Morgan fingerprint density at radius 3 is 2.38 bits per heavy atom. The molecule has 2 aromatic carbocycles. The summed E-state index contributed by atoms with van der Waals surface area (Å²) in [7, 11) is -3.64. The summed E-state index contributed by atoms with van der Waals surface area (Å²) in [6, 6.07) is 15.8. The first kappa shape index (κ1) is 18.8. The molecule has 0 heterocycles. The maximum Gasteiger partial charge on any atom is 0.235 e. The van der Waals surface area contributed by atoms with Crippen LogP contribution in [-0.4, -0.2) is 32.4 Å². The Hall–Kier alpha value is -1.50. The van der Waals surface area contributed by atoms with E-state index in [-0.39, 0.29) is 4.90 Å². The predicted octanol–water partition coefficient (Wildman–Crippen LogP) is 3.41. The first-order valence-corrected chi connectivity index (χ1v) is 10.4. The van der Waals surface area contributed by atoms with Crippen molar-refractivity contribution in [1.29, 1.82) is 0 Å². The number of nitrogens with one attached hydrogen (secondary N) is 1. The number of halogens is 1. The molecule has 0 unspecified atom stereocenters. The van der Waals surface area contributed by atoms with E-state index in [1.165, 1.54) is 29.2 Å². The summed E-state index contributed by atoms with van der Waals surface area (Å²) in [5, 5.41) is 3.10. The Bertz CT molecular complexity index is 762. The molecule has 0 saturated heterocycles. The Kier molecular flexibility index (Phi) is 7.15. The van der Waals surface area contributed by atoms with Gasteiger partial charge < -0.3 is 5.32 Å². The molecule has 24 heavy (non-hydrogen) atoms. The topological polar surface area (TPSA) is 63.2 Å². The van der Waals surface area contributed by atoms with Crippen molar-refractivity contribution in [1.82, 2.24) is 5.32 Å². The van der Waals surface area contributed by atoms with Crippen molar-refractivity contribution in [2.24, 2.45) is 0 Å². The molecular weight excluding hydrogens is 366 g/mol. The fourth-order valence-electron chi connectivity index (χ4n) is 1.96. The predicted molar refractivity (Wildman–Crippen MR) is 98.3 cm³/mol. The molecule has 0 atom stereocenters. The maximum atomic E-state index is 12.1. The fraction of sp³-hybridized carbons (Fsp3) is 0.235. The molecule has 0 radical (unpaired) electrons. The Balaban J connectivity index is 1.72. The highest BCUT2D eigenvalue weighted by Gasteiger charge is 2.18. The van der Waals surface area contributed by atoms with E-state index in [9.17, 15) is 13.2 Å². The summed E-state index contributed by atoms with van der Waals surface area (Å²) in [4.78, 5) is 13.1. The SMILES string of the molecule is O=C(CS(=O)(=O)c1ccc(Cl)cc1)NCCCSc1ccccc1. The summed E-state index contributed by atoms with van der Waals surface area (Å²) >= 11 is 7.44. The molecule has 0 aromatic heterocycles. The highest BCUT2D eigenvalue weighted by molar-refractivity contribution is 7.99. The fourth-order valence-corrected chi connectivity index (χ4v) is 4.12. The number of thioether (sulfide) groups is 1. The molecule has 0 spiro atoms. The molecule has 0 aliphatic carbocycles. The third kappa shape index (κ3) is 6.19. The molecule has 0 saturated carbocycles. The smallest absolute Gasteiger partial charge is 0.235 e. The lowest BCUT2D eigenvalue weighted by atomic mass is 10.4. The van der Waals surface area contributed by atoms with Crippen molar-refractivity contribution in [3.05, 3.63) is 59.6 Å². The number of carbonyl (C=O) groups is 1. The van der Waals surface area contributed by atoms with E-state index in [2.05, 4.69) is 5.32 Å². The summed E-state index contributed by atoms with van der Waals surface area (Å²) in [5.41, 5.74) is 0. The number of sulfone groups is 1. The average molecular weight is 384 g/mol. The molecule has 7 heteroatoms. The molecule has 2 rings (SSSR count). The van der Waals surface area contributed by atoms with Crippen molar-refractivity contribution >= 4 is 39.1 Å². The van der Waals surface area contributed by atoms with Crippen LogP contribution in [0.2, 0.25) is 5.02 Å². The molecule has 0 aliphatic rings. The van der Waals surface area contributed by atoms with Gasteiger partial charge in [0.15, 0.2) is 9.84 Å². The third-order valence-electron chi connectivity index (χ3n) is 3.15. The molecule has 1 amide bonds. The van der Waals surface area contributed by atoms with Crippen LogP contribution in [-0.2, 0) is 14.6 Å². The zero-order chi connectivity index (χ0) is 17.4. The lowest BCUT2D eigenvalue weighted by Gasteiger charge is -2.07. The minimum absolute atomic E-state index is 0.0988. The number of hydrogen-bond donors (Lipinski definition) is 1. The lowest BCUT2D eigenvalue weighted by molar-refractivity contribution is -0.118. The summed E-state index contributed by atoms with van der Waals surface area (Å²) in [6.45, 7) is 0.453. The highest BCUT2D eigenvalue weighted by Crippen LogP contribution is 2.17. The van der Waals surface area contributed by atoms with Gasteiger partial charge in [0, 0.05) is 16.5 Å². The van der Waals surface area contributed by atoms with Gasteiger partial charge in [0.05, 0.1) is 4.90 Å². The average Bonchev–Trinajstić information content (AvgIpc) is 2.55. The van der Waals surface area contributed by atoms with Crippen molar-refractivity contribution in [2.45, 2.75) is 16.2 Å². The van der Waals surface area contributed by atoms with Crippen molar-refractivity contribution in [2.75, 3.05) is 18.1 Å². The molecular formula is C17H18ClNO3S2. The van der Waals surface area contributed by atoms with Crippen molar-refractivity contribution in [3.8, 4) is 0 Å². The van der Waals surface area contributed by atoms with Gasteiger partial charge in [-0.25, -0.2) is 8.42 Å². The van der Waals surface area contributed by atoms with Gasteiger partial charge in [0.1, 0.15) is 5.75 Å². The first-order valence-electron chi connectivity index (χ1n) is 7.40. The van der Waals surface area contributed by atoms with Crippen LogP contribution in [0.25, 0.3) is 0 Å². The molecule has 2 aromatic rings. The molecule has 0 fully saturated rings. The minimum atomic E-state index is -3.64. The summed E-state index contributed by atoms with van der Waals surface area (Å²) in [5.74, 6) is -0.191. The second-order valence-electron chi connectivity index (χ2n) is 5.08. The van der Waals surface area contributed by atoms with Crippen LogP contribution in [0.3, 0.4) is 0 Å². The van der Waals surface area contributed by atoms with Crippen LogP contribution in [0.5, 0.6) is 0 Å². The van der Waals surface area contributed by atoms with Crippen LogP contribution in [0, 0.1) is 0 Å². The van der Waals surface area contributed by atoms with E-state index in [4.69, 9.17) is 11.6 Å². The largest absolute Gasteiger partial charge is 0.355 e. The lowest BCUT2D eigenvalue weighted by Crippen LogP contribution is -2.31. The molecule has 0 aliphatic heterocycles. The molecule has 128 valence electrons. The second kappa shape index (κ2) is 9.11. The highest BCUT2D eigenvalue weighted by atomic mass is 35.5. The van der Waals surface area contributed by atoms with Crippen molar-refractivity contribution in [3.63, 3.8) is 0 Å². The number of carbonyl (C=O) groups excluding carboxylic acids is 1. The normalized spacial score (nSPS) is 11.2. The van der Waals surface area contributed by atoms with Gasteiger partial charge >= 0.3 is 0 Å². The summed E-state index contributed by atoms with van der Waals surface area (Å²) in [6.07, 6.45) is 0.770. The number of amides is 1. The monoisotopic (exact) mass is 383 g/mol. The van der Waals surface area contributed by atoms with E-state index < -0.39 is 21.5 Å². The maximum absolute atomic E-state index is 12.1. The van der Waals surface area contributed by atoms with Gasteiger partial charge in [-0.3, -0.25) is 4.79 Å². The van der Waals surface area contributed by atoms with Crippen molar-refractivity contribution < 1.29 is 13.2 Å². The second-order valence-corrected chi connectivity index (χ2v) is 8.67. The standard InChI is InChI=1S/C17H18ClNO3S2/c18-14-7-9-16(10-8-14)24(21,22)13-17(20)19-11-4-12-23-15-5-2-1-3-6-15/h1-3,5-10H,4,11-13H2,(H,19,20). The van der Waals surface area contributed by atoms with E-state index in [1.807, 2.05) is 30.3 Å². The number of hydrogen-bond acceptors (Lipinski definition) is 4. The van der Waals surface area contributed by atoms with Gasteiger partial charge in [-0.1, -0.05) is 29.8 Å². The Morgan fingerprint density at radius 2 is 1.71 bits per heavy atom. The van der Waals surface area contributed by atoms with Gasteiger partial charge in [-0.15, -0.1) is 11.8 Å². The van der Waals surface area contributed by atoms with Crippen LogP contribution in [0.1, 0.15) is 6.42 Å². The molecule has 0 bridgehead atoms. The minimum Gasteiger partial charge on any atom is -0.355 e. The van der Waals surface area contributed by atoms with E-state index in [1.54, 1.807) is 11.8 Å². The van der Waals surface area contributed by atoms with E-state index in [0.29, 0.717) is 11.6 Å². The van der Waals surface area contributed by atoms with Gasteiger partial charge in [0.25, 0.3) is 0 Å². The zero-order valence-corrected chi connectivity index (χ0v) is 15.3. The van der Waals surface area contributed by atoms with Crippen LogP contribution >= 0.6 is 23.4 Å². The van der Waals surface area contributed by atoms with Gasteiger partial charge in [-0.2, -0.15) is 0 Å². The third-order valence-corrected chi connectivity index (χ3v) is 6.13. The summed E-state index contributed by atoms with van der Waals surface area (Å²) < 4.78 is 24.2. The first-order chi connectivity index (χ1) is 11.5. The van der Waals surface area contributed by atoms with Crippen LogP contribution < -0.4 is 5.32 Å². The van der Waals surface area contributed by atoms with E-state index in [0.717, 1.165) is 12.2 Å². The number of benzene rings is 2. The zero-order valence-electron chi connectivity index (χ0n) is 12.9. The van der Waals surface area contributed by atoms with E-state index >= 15 is 0 Å². The van der Waals surface area contributed by atoms with Crippen LogP contribution in [0.15, 0.2) is 64.4 Å². The van der Waals surface area contributed by atoms with Gasteiger partial charge in [-0.05, 0) is 48.6 Å². The van der Waals surface area contributed by atoms with Gasteiger partial charge in [0.2, 0.25) is 5.91 Å². The Morgan fingerprint density at radius 1 is 1.04 bits per heavy atom. The molecule has 4 nitrogen and oxygen atoms in total. The van der Waals surface area contributed by atoms with Crippen LogP contribution in [0.4, 0.5) is 0 Å². The molecule has 1 N–H and O–H groups in total. The number of rotatable bonds is 8.